The van der Waals surface area contributed by atoms with Crippen molar-refractivity contribution >= 4 is 29.4 Å². The maximum atomic E-state index is 11.4. The first-order valence-electron chi connectivity index (χ1n) is 5.89. The van der Waals surface area contributed by atoms with Crippen molar-refractivity contribution in [3.8, 4) is 0 Å². The second-order valence-corrected chi connectivity index (χ2v) is 6.40. The van der Waals surface area contributed by atoms with Crippen LogP contribution in [0.5, 0.6) is 0 Å². The van der Waals surface area contributed by atoms with Crippen LogP contribution in [-0.2, 0) is 9.47 Å². The number of amides is 2. The standard InChI is InChI=1S/C12H22N2O4S/c1-11(2,3)17-9(15)13-7-8(19)14-10(16)18-12(4,5)6/h7H2,1-6H3,(H,13,15)(H,14,16,19). The van der Waals surface area contributed by atoms with E-state index in [1.54, 1.807) is 41.5 Å². The lowest BCUT2D eigenvalue weighted by atomic mass is 10.2. The van der Waals surface area contributed by atoms with Crippen LogP contribution in [0.15, 0.2) is 0 Å². The number of nitrogens with one attached hydrogen (secondary N) is 2. The van der Waals surface area contributed by atoms with Gasteiger partial charge < -0.3 is 14.8 Å². The van der Waals surface area contributed by atoms with Crippen molar-refractivity contribution in [3.05, 3.63) is 0 Å². The van der Waals surface area contributed by atoms with Crippen LogP contribution in [0.25, 0.3) is 0 Å². The fourth-order valence-corrected chi connectivity index (χ4v) is 1.08. The Morgan fingerprint density at radius 3 is 1.79 bits per heavy atom. The highest BCUT2D eigenvalue weighted by atomic mass is 32.1. The normalized spacial score (nSPS) is 11.5. The molecule has 0 aliphatic heterocycles. The summed E-state index contributed by atoms with van der Waals surface area (Å²) in [6.45, 7) is 10.5. The van der Waals surface area contributed by atoms with E-state index in [4.69, 9.17) is 21.7 Å². The molecule has 0 atom stereocenters. The molecule has 0 heterocycles. The Bertz CT molecular complexity index is 356. The Hall–Kier alpha value is -1.37. The fraction of sp³-hybridized carbons (Fsp3) is 0.750. The number of rotatable bonds is 2. The van der Waals surface area contributed by atoms with Crippen LogP contribution in [-0.4, -0.2) is 34.9 Å². The van der Waals surface area contributed by atoms with Gasteiger partial charge in [0.2, 0.25) is 0 Å². The van der Waals surface area contributed by atoms with Crippen molar-refractivity contribution in [1.82, 2.24) is 10.6 Å². The van der Waals surface area contributed by atoms with Crippen molar-refractivity contribution in [3.63, 3.8) is 0 Å². The summed E-state index contributed by atoms with van der Waals surface area (Å²) in [6, 6.07) is 0. The summed E-state index contributed by atoms with van der Waals surface area (Å²) in [5.41, 5.74) is -1.18. The van der Waals surface area contributed by atoms with Crippen molar-refractivity contribution in [2.45, 2.75) is 52.7 Å². The molecule has 19 heavy (non-hydrogen) atoms. The van der Waals surface area contributed by atoms with Crippen LogP contribution in [0.4, 0.5) is 9.59 Å². The summed E-state index contributed by atoms with van der Waals surface area (Å²) in [7, 11) is 0. The highest BCUT2D eigenvalue weighted by molar-refractivity contribution is 7.80. The molecule has 0 fully saturated rings. The van der Waals surface area contributed by atoms with Crippen molar-refractivity contribution in [2.75, 3.05) is 6.54 Å². The molecule has 0 aliphatic rings. The maximum Gasteiger partial charge on any atom is 0.412 e. The Balaban J connectivity index is 4.00. The third kappa shape index (κ3) is 11.5. The van der Waals surface area contributed by atoms with Gasteiger partial charge in [0.15, 0.2) is 0 Å². The van der Waals surface area contributed by atoms with E-state index in [1.165, 1.54) is 0 Å². The Morgan fingerprint density at radius 2 is 1.37 bits per heavy atom. The van der Waals surface area contributed by atoms with Crippen LogP contribution >= 0.6 is 12.2 Å². The van der Waals surface area contributed by atoms with Gasteiger partial charge in [-0.25, -0.2) is 9.59 Å². The van der Waals surface area contributed by atoms with E-state index in [2.05, 4.69) is 10.6 Å². The zero-order valence-corrected chi connectivity index (χ0v) is 13.1. The summed E-state index contributed by atoms with van der Waals surface area (Å²) in [5, 5.41) is 4.79. The van der Waals surface area contributed by atoms with E-state index in [9.17, 15) is 9.59 Å². The Morgan fingerprint density at radius 1 is 0.947 bits per heavy atom. The molecule has 0 radical (unpaired) electrons. The van der Waals surface area contributed by atoms with Gasteiger partial charge >= 0.3 is 12.2 Å². The number of alkyl carbamates (subject to hydrolysis) is 2. The molecule has 0 bridgehead atoms. The second-order valence-electron chi connectivity index (χ2n) is 5.91. The highest BCUT2D eigenvalue weighted by Gasteiger charge is 2.18. The molecule has 0 rings (SSSR count). The van der Waals surface area contributed by atoms with E-state index < -0.39 is 23.4 Å². The molecular formula is C12H22N2O4S. The molecule has 0 saturated heterocycles. The number of ether oxygens (including phenoxy) is 2. The average molecular weight is 290 g/mol. The van der Waals surface area contributed by atoms with Gasteiger partial charge in [-0.2, -0.15) is 0 Å². The van der Waals surface area contributed by atoms with Crippen LogP contribution in [0.3, 0.4) is 0 Å². The quantitative estimate of drug-likeness (QED) is 0.763. The first kappa shape index (κ1) is 17.6. The van der Waals surface area contributed by atoms with E-state index in [0.29, 0.717) is 0 Å². The van der Waals surface area contributed by atoms with Gasteiger partial charge in [-0.1, -0.05) is 12.2 Å². The number of thiocarbonyl (C=S) groups is 1. The van der Waals surface area contributed by atoms with Gasteiger partial charge in [0, 0.05) is 0 Å². The zero-order chi connectivity index (χ0) is 15.3. The Kier molecular flexibility index (Phi) is 6.21. The Labute approximate surface area is 119 Å². The molecule has 7 heteroatoms. The summed E-state index contributed by atoms with van der Waals surface area (Å²) < 4.78 is 10.0. The van der Waals surface area contributed by atoms with E-state index >= 15 is 0 Å². The van der Waals surface area contributed by atoms with Crippen LogP contribution in [0.1, 0.15) is 41.5 Å². The van der Waals surface area contributed by atoms with Gasteiger partial charge in [-0.3, -0.25) is 5.32 Å². The molecule has 0 aromatic heterocycles. The van der Waals surface area contributed by atoms with Gasteiger partial charge in [-0.15, -0.1) is 0 Å². The molecule has 0 saturated carbocycles. The van der Waals surface area contributed by atoms with Crippen molar-refractivity contribution in [2.24, 2.45) is 0 Å². The van der Waals surface area contributed by atoms with Crippen molar-refractivity contribution in [1.29, 1.82) is 0 Å². The van der Waals surface area contributed by atoms with E-state index in [1.807, 2.05) is 0 Å². The van der Waals surface area contributed by atoms with Crippen LogP contribution in [0, 0.1) is 0 Å². The van der Waals surface area contributed by atoms with E-state index in [-0.39, 0.29) is 11.5 Å². The zero-order valence-electron chi connectivity index (χ0n) is 12.2. The SMILES string of the molecule is CC(C)(C)OC(=O)NCC(=S)NC(=O)OC(C)(C)C. The minimum Gasteiger partial charge on any atom is -0.444 e. The number of carbonyl (C=O) groups is 2. The predicted octanol–water partition coefficient (Wildman–Crippen LogP) is 2.36. The number of hydrogen-bond donors (Lipinski definition) is 2. The van der Waals surface area contributed by atoms with Crippen LogP contribution < -0.4 is 10.6 Å². The molecule has 2 amide bonds. The number of carbonyl (C=O) groups excluding carboxylic acids is 2. The molecule has 0 spiro atoms. The lowest BCUT2D eigenvalue weighted by Crippen LogP contribution is -2.42. The molecule has 110 valence electrons. The number of hydrogen-bond acceptors (Lipinski definition) is 5. The third-order valence-corrected chi connectivity index (χ3v) is 1.68. The summed E-state index contributed by atoms with van der Waals surface area (Å²) in [5.74, 6) is 0. The van der Waals surface area contributed by atoms with Gasteiger partial charge in [-0.05, 0) is 41.5 Å². The third-order valence-electron chi connectivity index (χ3n) is 1.43. The molecule has 0 aliphatic carbocycles. The summed E-state index contributed by atoms with van der Waals surface area (Å²) in [4.78, 5) is 22.9. The highest BCUT2D eigenvalue weighted by Crippen LogP contribution is 2.07. The van der Waals surface area contributed by atoms with Crippen LogP contribution in [0.2, 0.25) is 0 Å². The summed E-state index contributed by atoms with van der Waals surface area (Å²) >= 11 is 4.90. The predicted molar refractivity (Wildman–Crippen MR) is 76.2 cm³/mol. The lowest BCUT2D eigenvalue weighted by Gasteiger charge is -2.21. The minimum atomic E-state index is -0.650. The average Bonchev–Trinajstić information content (AvgIpc) is 2.08. The molecule has 0 aromatic carbocycles. The van der Waals surface area contributed by atoms with E-state index in [0.717, 1.165) is 0 Å². The van der Waals surface area contributed by atoms with Gasteiger partial charge in [0.25, 0.3) is 0 Å². The monoisotopic (exact) mass is 290 g/mol. The molecule has 2 N–H and O–H groups in total. The smallest absolute Gasteiger partial charge is 0.412 e. The molecule has 0 aromatic rings. The molecular weight excluding hydrogens is 268 g/mol. The first-order chi connectivity index (χ1) is 8.39. The largest absolute Gasteiger partial charge is 0.444 e. The topological polar surface area (TPSA) is 76.7 Å². The van der Waals surface area contributed by atoms with Gasteiger partial charge in [0.05, 0.1) is 6.54 Å². The minimum absolute atomic E-state index is 0.00346. The molecule has 6 nitrogen and oxygen atoms in total. The lowest BCUT2D eigenvalue weighted by molar-refractivity contribution is 0.0522. The summed E-state index contributed by atoms with van der Waals surface area (Å²) in [6.07, 6.45) is -1.25. The van der Waals surface area contributed by atoms with Crippen molar-refractivity contribution < 1.29 is 19.1 Å². The maximum absolute atomic E-state index is 11.4. The van der Waals surface area contributed by atoms with Gasteiger partial charge in [0.1, 0.15) is 16.2 Å². The fourth-order valence-electron chi connectivity index (χ4n) is 0.928. The molecule has 0 unspecified atom stereocenters. The first-order valence-corrected chi connectivity index (χ1v) is 6.29. The second kappa shape index (κ2) is 6.70.